The van der Waals surface area contributed by atoms with Crippen molar-refractivity contribution in [3.05, 3.63) is 48.0 Å². The normalized spacial score (nSPS) is 23.0. The van der Waals surface area contributed by atoms with Crippen molar-refractivity contribution in [1.29, 1.82) is 0 Å². The summed E-state index contributed by atoms with van der Waals surface area (Å²) in [7, 11) is 0. The monoisotopic (exact) mass is 280 g/mol. The number of hydrogen-bond donors (Lipinski definition) is 1. The Balaban J connectivity index is 1.29. The van der Waals surface area contributed by atoms with Crippen LogP contribution >= 0.6 is 0 Å². The molecule has 2 aliphatic rings. The van der Waals surface area contributed by atoms with Gasteiger partial charge in [0.15, 0.2) is 0 Å². The van der Waals surface area contributed by atoms with Crippen molar-refractivity contribution in [2.45, 2.75) is 31.8 Å². The summed E-state index contributed by atoms with van der Waals surface area (Å²) in [6.45, 7) is 4.79. The predicted octanol–water partition coefficient (Wildman–Crippen LogP) is 3.41. The summed E-state index contributed by atoms with van der Waals surface area (Å²) in [5.41, 5.74) is 1.39. The fourth-order valence-corrected chi connectivity index (χ4v) is 3.57. The number of fused-ring (bicyclic) bond motifs is 1. The highest BCUT2D eigenvalue weighted by atomic mass is 15.2. The minimum absolute atomic E-state index is 0.853. The molecule has 2 heteroatoms. The van der Waals surface area contributed by atoms with Crippen LogP contribution < -0.4 is 5.32 Å². The molecular weight excluding hydrogens is 256 g/mol. The summed E-state index contributed by atoms with van der Waals surface area (Å²) >= 11 is 0. The average Bonchev–Trinajstić information content (AvgIpc) is 3.27. The van der Waals surface area contributed by atoms with Gasteiger partial charge in [-0.2, -0.15) is 0 Å². The largest absolute Gasteiger partial charge is 0.312 e. The Kier molecular flexibility index (Phi) is 3.66. The van der Waals surface area contributed by atoms with Gasteiger partial charge in [0, 0.05) is 19.1 Å². The fourth-order valence-electron chi connectivity index (χ4n) is 3.57. The summed E-state index contributed by atoms with van der Waals surface area (Å²) < 4.78 is 0. The first-order valence-electron chi connectivity index (χ1n) is 8.31. The van der Waals surface area contributed by atoms with Crippen molar-refractivity contribution in [2.75, 3.05) is 19.6 Å². The van der Waals surface area contributed by atoms with Crippen LogP contribution in [0, 0.1) is 5.92 Å². The van der Waals surface area contributed by atoms with Crippen LogP contribution in [0.3, 0.4) is 0 Å². The van der Waals surface area contributed by atoms with Crippen molar-refractivity contribution in [3.63, 3.8) is 0 Å². The third-order valence-electron chi connectivity index (χ3n) is 4.96. The molecule has 0 radical (unpaired) electrons. The molecule has 2 aromatic rings. The number of likely N-dealkylation sites (tertiary alicyclic amines) is 1. The maximum atomic E-state index is 3.66. The van der Waals surface area contributed by atoms with Gasteiger partial charge in [-0.15, -0.1) is 0 Å². The zero-order valence-corrected chi connectivity index (χ0v) is 12.6. The minimum Gasteiger partial charge on any atom is -0.312 e. The Bertz CT molecular complexity index is 618. The molecule has 0 aromatic heterocycles. The van der Waals surface area contributed by atoms with Gasteiger partial charge in [0.05, 0.1) is 0 Å². The highest BCUT2D eigenvalue weighted by molar-refractivity contribution is 5.82. The van der Waals surface area contributed by atoms with E-state index in [1.54, 1.807) is 0 Å². The Hall–Kier alpha value is -1.38. The van der Waals surface area contributed by atoms with Crippen molar-refractivity contribution >= 4 is 10.8 Å². The van der Waals surface area contributed by atoms with E-state index in [4.69, 9.17) is 0 Å². The molecule has 4 rings (SSSR count). The van der Waals surface area contributed by atoms with Crippen molar-refractivity contribution in [2.24, 2.45) is 5.92 Å². The van der Waals surface area contributed by atoms with E-state index in [0.29, 0.717) is 0 Å². The number of nitrogens with one attached hydrogen (secondary N) is 1. The fraction of sp³-hybridized carbons (Fsp3) is 0.474. The van der Waals surface area contributed by atoms with Crippen LogP contribution in [-0.4, -0.2) is 30.6 Å². The van der Waals surface area contributed by atoms with E-state index in [1.807, 2.05) is 0 Å². The predicted molar refractivity (Wildman–Crippen MR) is 88.4 cm³/mol. The lowest BCUT2D eigenvalue weighted by Gasteiger charge is -2.15. The SMILES string of the molecule is c1ccc2cc(CNCC3CCN(C4CC4)C3)ccc2c1. The van der Waals surface area contributed by atoms with Crippen LogP contribution in [0.4, 0.5) is 0 Å². The van der Waals surface area contributed by atoms with E-state index in [2.05, 4.69) is 52.7 Å². The Morgan fingerprint density at radius 1 is 1.00 bits per heavy atom. The summed E-state index contributed by atoms with van der Waals surface area (Å²) in [6, 6.07) is 16.3. The highest BCUT2D eigenvalue weighted by Crippen LogP contribution is 2.31. The molecule has 0 spiro atoms. The van der Waals surface area contributed by atoms with Gasteiger partial charge < -0.3 is 10.2 Å². The lowest BCUT2D eigenvalue weighted by Crippen LogP contribution is -2.27. The molecule has 110 valence electrons. The molecule has 1 aliphatic heterocycles. The number of rotatable bonds is 5. The van der Waals surface area contributed by atoms with E-state index in [1.165, 1.54) is 48.7 Å². The zero-order chi connectivity index (χ0) is 14.1. The van der Waals surface area contributed by atoms with Gasteiger partial charge in [-0.3, -0.25) is 0 Å². The molecule has 1 N–H and O–H groups in total. The first-order valence-corrected chi connectivity index (χ1v) is 8.31. The van der Waals surface area contributed by atoms with E-state index < -0.39 is 0 Å². The Labute approximate surface area is 127 Å². The molecule has 1 saturated carbocycles. The van der Waals surface area contributed by atoms with Crippen molar-refractivity contribution < 1.29 is 0 Å². The molecule has 21 heavy (non-hydrogen) atoms. The molecular formula is C19H24N2. The van der Waals surface area contributed by atoms with Crippen LogP contribution in [0.25, 0.3) is 10.8 Å². The summed E-state index contributed by atoms with van der Waals surface area (Å²) in [6.07, 6.45) is 4.26. The maximum absolute atomic E-state index is 3.66. The second kappa shape index (κ2) is 5.78. The van der Waals surface area contributed by atoms with Crippen molar-refractivity contribution in [1.82, 2.24) is 10.2 Å². The standard InChI is InChI=1S/C19H24N2/c1-2-4-18-11-15(5-6-17(18)3-1)12-20-13-16-9-10-21(14-16)19-7-8-19/h1-6,11,16,19-20H,7-10,12-14H2. The summed E-state index contributed by atoms with van der Waals surface area (Å²) in [5, 5.41) is 6.34. The van der Waals surface area contributed by atoms with E-state index in [-0.39, 0.29) is 0 Å². The lowest BCUT2D eigenvalue weighted by atomic mass is 10.1. The van der Waals surface area contributed by atoms with E-state index in [0.717, 1.165) is 25.0 Å². The molecule has 0 bridgehead atoms. The highest BCUT2D eigenvalue weighted by Gasteiger charge is 2.33. The first kappa shape index (κ1) is 13.3. The smallest absolute Gasteiger partial charge is 0.0205 e. The van der Waals surface area contributed by atoms with Gasteiger partial charge in [-0.1, -0.05) is 36.4 Å². The third-order valence-corrected chi connectivity index (χ3v) is 4.96. The van der Waals surface area contributed by atoms with Gasteiger partial charge >= 0.3 is 0 Å². The molecule has 1 heterocycles. The second-order valence-electron chi connectivity index (χ2n) is 6.69. The second-order valence-corrected chi connectivity index (χ2v) is 6.69. The van der Waals surface area contributed by atoms with Crippen LogP contribution in [0.5, 0.6) is 0 Å². The molecule has 2 fully saturated rings. The molecule has 1 unspecified atom stereocenters. The van der Waals surface area contributed by atoms with Gasteiger partial charge in [0.2, 0.25) is 0 Å². The zero-order valence-electron chi connectivity index (χ0n) is 12.6. The van der Waals surface area contributed by atoms with Crippen LogP contribution in [0.15, 0.2) is 42.5 Å². The van der Waals surface area contributed by atoms with E-state index in [9.17, 15) is 0 Å². The molecule has 2 nitrogen and oxygen atoms in total. The van der Waals surface area contributed by atoms with Gasteiger partial charge in [-0.05, 0) is 60.7 Å². The summed E-state index contributed by atoms with van der Waals surface area (Å²) in [4.78, 5) is 2.70. The maximum Gasteiger partial charge on any atom is 0.0205 e. The average molecular weight is 280 g/mol. The van der Waals surface area contributed by atoms with Crippen LogP contribution in [0.1, 0.15) is 24.8 Å². The van der Waals surface area contributed by atoms with Gasteiger partial charge in [0.1, 0.15) is 0 Å². The molecule has 1 atom stereocenters. The minimum atomic E-state index is 0.853. The quantitative estimate of drug-likeness (QED) is 0.903. The first-order chi connectivity index (χ1) is 10.4. The van der Waals surface area contributed by atoms with Crippen LogP contribution in [0.2, 0.25) is 0 Å². The third kappa shape index (κ3) is 3.12. The lowest BCUT2D eigenvalue weighted by molar-refractivity contribution is 0.312. The van der Waals surface area contributed by atoms with Crippen molar-refractivity contribution in [3.8, 4) is 0 Å². The number of hydrogen-bond acceptors (Lipinski definition) is 2. The molecule has 1 saturated heterocycles. The van der Waals surface area contributed by atoms with E-state index >= 15 is 0 Å². The molecule has 2 aromatic carbocycles. The Morgan fingerprint density at radius 2 is 1.86 bits per heavy atom. The Morgan fingerprint density at radius 3 is 2.71 bits per heavy atom. The molecule has 0 amide bonds. The number of nitrogens with zero attached hydrogens (tertiary/aromatic N) is 1. The topological polar surface area (TPSA) is 15.3 Å². The summed E-state index contributed by atoms with van der Waals surface area (Å²) in [5.74, 6) is 0.853. The van der Waals surface area contributed by atoms with Gasteiger partial charge in [0.25, 0.3) is 0 Å². The van der Waals surface area contributed by atoms with Crippen LogP contribution in [-0.2, 0) is 6.54 Å². The molecule has 1 aliphatic carbocycles. The van der Waals surface area contributed by atoms with Gasteiger partial charge in [-0.25, -0.2) is 0 Å². The number of benzene rings is 2.